The van der Waals surface area contributed by atoms with Gasteiger partial charge in [-0.2, -0.15) is 0 Å². The smallest absolute Gasteiger partial charge is 0.120 e. The van der Waals surface area contributed by atoms with Gasteiger partial charge in [0.05, 0.1) is 12.3 Å². The molecular formula is C14H16ClNO. The summed E-state index contributed by atoms with van der Waals surface area (Å²) in [6.45, 7) is 4.17. The van der Waals surface area contributed by atoms with Crippen molar-refractivity contribution >= 4 is 11.6 Å². The van der Waals surface area contributed by atoms with Crippen LogP contribution >= 0.6 is 11.6 Å². The van der Waals surface area contributed by atoms with Crippen molar-refractivity contribution in [2.45, 2.75) is 25.9 Å². The van der Waals surface area contributed by atoms with Crippen LogP contribution in [-0.4, -0.2) is 0 Å². The first-order chi connectivity index (χ1) is 8.18. The van der Waals surface area contributed by atoms with Gasteiger partial charge in [-0.3, -0.25) is 0 Å². The van der Waals surface area contributed by atoms with Crippen molar-refractivity contribution in [1.82, 2.24) is 5.32 Å². The Labute approximate surface area is 107 Å². The van der Waals surface area contributed by atoms with E-state index in [2.05, 4.69) is 19.2 Å². The average molecular weight is 250 g/mol. The number of hydrogen-bond acceptors (Lipinski definition) is 2. The Bertz CT molecular complexity index is 467. The summed E-state index contributed by atoms with van der Waals surface area (Å²) in [6.07, 6.45) is 1.69. The van der Waals surface area contributed by atoms with E-state index >= 15 is 0 Å². The van der Waals surface area contributed by atoms with Crippen molar-refractivity contribution in [2.75, 3.05) is 0 Å². The molecule has 0 saturated heterocycles. The number of hydrogen-bond donors (Lipinski definition) is 1. The number of halogens is 1. The van der Waals surface area contributed by atoms with Gasteiger partial charge in [0.15, 0.2) is 0 Å². The molecule has 3 heteroatoms. The molecule has 1 heterocycles. The van der Waals surface area contributed by atoms with Gasteiger partial charge in [0.2, 0.25) is 0 Å². The van der Waals surface area contributed by atoms with Crippen LogP contribution in [0.3, 0.4) is 0 Å². The third kappa shape index (κ3) is 2.90. The fourth-order valence-electron chi connectivity index (χ4n) is 1.91. The molecule has 0 aliphatic heterocycles. The molecule has 2 rings (SSSR count). The molecule has 2 aromatic rings. The van der Waals surface area contributed by atoms with Crippen molar-refractivity contribution in [2.24, 2.45) is 0 Å². The van der Waals surface area contributed by atoms with Gasteiger partial charge in [0.1, 0.15) is 5.76 Å². The molecule has 0 radical (unpaired) electrons. The maximum absolute atomic E-state index is 6.16. The van der Waals surface area contributed by atoms with Gasteiger partial charge < -0.3 is 9.73 Å². The number of nitrogens with one attached hydrogen (secondary N) is 1. The van der Waals surface area contributed by atoms with E-state index in [1.165, 1.54) is 0 Å². The van der Waals surface area contributed by atoms with E-state index in [0.717, 1.165) is 16.3 Å². The topological polar surface area (TPSA) is 25.2 Å². The summed E-state index contributed by atoms with van der Waals surface area (Å²) in [5.74, 6) is 0.934. The maximum Gasteiger partial charge on any atom is 0.120 e. The summed E-state index contributed by atoms with van der Waals surface area (Å²) in [5.41, 5.74) is 1.10. The molecule has 1 aromatic carbocycles. The summed E-state index contributed by atoms with van der Waals surface area (Å²) in [6, 6.07) is 12.1. The minimum atomic E-state index is 0.163. The van der Waals surface area contributed by atoms with Crippen molar-refractivity contribution in [3.05, 3.63) is 59.0 Å². The Morgan fingerprint density at radius 3 is 2.47 bits per heavy atom. The fraction of sp³-hybridized carbons (Fsp3) is 0.286. The summed E-state index contributed by atoms with van der Waals surface area (Å²) < 4.78 is 5.37. The first kappa shape index (κ1) is 12.2. The van der Waals surface area contributed by atoms with Crippen LogP contribution < -0.4 is 5.32 Å². The van der Waals surface area contributed by atoms with Gasteiger partial charge >= 0.3 is 0 Å². The molecule has 0 saturated carbocycles. The van der Waals surface area contributed by atoms with Gasteiger partial charge in [-0.1, -0.05) is 29.8 Å². The van der Waals surface area contributed by atoms with E-state index in [0.29, 0.717) is 0 Å². The normalized spacial score (nSPS) is 14.5. The summed E-state index contributed by atoms with van der Waals surface area (Å²) in [7, 11) is 0. The van der Waals surface area contributed by atoms with Crippen molar-refractivity contribution < 1.29 is 4.42 Å². The van der Waals surface area contributed by atoms with Crippen LogP contribution in [0.25, 0.3) is 0 Å². The molecule has 17 heavy (non-hydrogen) atoms. The van der Waals surface area contributed by atoms with Gasteiger partial charge in [-0.05, 0) is 37.6 Å². The molecule has 90 valence electrons. The zero-order valence-corrected chi connectivity index (χ0v) is 10.7. The van der Waals surface area contributed by atoms with Gasteiger partial charge in [-0.25, -0.2) is 0 Å². The molecule has 0 aliphatic rings. The molecule has 0 fully saturated rings. The van der Waals surface area contributed by atoms with Crippen LogP contribution in [-0.2, 0) is 0 Å². The number of furan rings is 1. The van der Waals surface area contributed by atoms with Crippen molar-refractivity contribution in [3.63, 3.8) is 0 Å². The lowest BCUT2D eigenvalue weighted by molar-refractivity contribution is 0.403. The van der Waals surface area contributed by atoms with Crippen LogP contribution in [0.5, 0.6) is 0 Å². The lowest BCUT2D eigenvalue weighted by Gasteiger charge is -2.19. The maximum atomic E-state index is 6.16. The predicted octanol–water partition coefficient (Wildman–Crippen LogP) is 4.34. The van der Waals surface area contributed by atoms with Crippen LogP contribution in [0.4, 0.5) is 0 Å². The van der Waals surface area contributed by atoms with E-state index in [9.17, 15) is 0 Å². The van der Waals surface area contributed by atoms with Gasteiger partial charge in [0, 0.05) is 11.1 Å². The third-order valence-corrected chi connectivity index (χ3v) is 3.19. The molecule has 0 spiro atoms. The SMILES string of the molecule is CC(N[C@H](C)c1ccccc1Cl)c1ccco1. The average Bonchev–Trinajstić information content (AvgIpc) is 2.82. The minimum absolute atomic E-state index is 0.163. The first-order valence-corrected chi connectivity index (χ1v) is 6.10. The summed E-state index contributed by atoms with van der Waals surface area (Å²) >= 11 is 6.16. The quantitative estimate of drug-likeness (QED) is 0.872. The molecule has 2 nitrogen and oxygen atoms in total. The zero-order valence-electron chi connectivity index (χ0n) is 9.98. The Hall–Kier alpha value is -1.25. The van der Waals surface area contributed by atoms with Crippen LogP contribution in [0.1, 0.15) is 37.3 Å². The molecule has 1 N–H and O–H groups in total. The van der Waals surface area contributed by atoms with Crippen molar-refractivity contribution in [3.8, 4) is 0 Å². The Morgan fingerprint density at radius 2 is 1.82 bits per heavy atom. The number of benzene rings is 1. The first-order valence-electron chi connectivity index (χ1n) is 5.72. The van der Waals surface area contributed by atoms with E-state index in [1.54, 1.807) is 6.26 Å². The lowest BCUT2D eigenvalue weighted by atomic mass is 10.1. The molecular weight excluding hydrogens is 234 g/mol. The number of rotatable bonds is 4. The molecule has 1 aromatic heterocycles. The van der Waals surface area contributed by atoms with Crippen LogP contribution in [0.15, 0.2) is 47.1 Å². The Kier molecular flexibility index (Phi) is 3.87. The Morgan fingerprint density at radius 1 is 1.06 bits per heavy atom. The van der Waals surface area contributed by atoms with Gasteiger partial charge in [-0.15, -0.1) is 0 Å². The molecule has 0 bridgehead atoms. The van der Waals surface area contributed by atoms with E-state index in [-0.39, 0.29) is 12.1 Å². The lowest BCUT2D eigenvalue weighted by Crippen LogP contribution is -2.22. The highest BCUT2D eigenvalue weighted by atomic mass is 35.5. The highest BCUT2D eigenvalue weighted by Gasteiger charge is 2.14. The molecule has 0 aliphatic carbocycles. The highest BCUT2D eigenvalue weighted by molar-refractivity contribution is 6.31. The standard InChI is InChI=1S/C14H16ClNO/c1-10(12-6-3-4-7-13(12)15)16-11(2)14-8-5-9-17-14/h3-11,16H,1-2H3/t10-,11?/m1/s1. The fourth-order valence-corrected chi connectivity index (χ4v) is 2.21. The second-order valence-electron chi connectivity index (χ2n) is 4.15. The van der Waals surface area contributed by atoms with E-state index in [4.69, 9.17) is 16.0 Å². The summed E-state index contributed by atoms with van der Waals surface area (Å²) in [4.78, 5) is 0. The summed E-state index contributed by atoms with van der Waals surface area (Å²) in [5, 5.41) is 4.25. The predicted molar refractivity (Wildman–Crippen MR) is 70.1 cm³/mol. The zero-order chi connectivity index (χ0) is 12.3. The van der Waals surface area contributed by atoms with E-state index < -0.39 is 0 Å². The van der Waals surface area contributed by atoms with Crippen molar-refractivity contribution in [1.29, 1.82) is 0 Å². The Balaban J connectivity index is 2.07. The second-order valence-corrected chi connectivity index (χ2v) is 4.55. The molecule has 0 amide bonds. The third-order valence-electron chi connectivity index (χ3n) is 2.84. The van der Waals surface area contributed by atoms with E-state index in [1.807, 2.05) is 36.4 Å². The second kappa shape index (κ2) is 5.39. The molecule has 2 atom stereocenters. The largest absolute Gasteiger partial charge is 0.468 e. The van der Waals surface area contributed by atoms with Crippen LogP contribution in [0, 0.1) is 0 Å². The monoisotopic (exact) mass is 249 g/mol. The van der Waals surface area contributed by atoms with Crippen LogP contribution in [0.2, 0.25) is 5.02 Å². The highest BCUT2D eigenvalue weighted by Crippen LogP contribution is 2.25. The minimum Gasteiger partial charge on any atom is -0.468 e. The molecule has 1 unspecified atom stereocenters. The van der Waals surface area contributed by atoms with Gasteiger partial charge in [0.25, 0.3) is 0 Å².